The number of urea groups is 1. The Morgan fingerprint density at radius 1 is 1.00 bits per heavy atom. The summed E-state index contributed by atoms with van der Waals surface area (Å²) in [5, 5.41) is 9.92. The van der Waals surface area contributed by atoms with Gasteiger partial charge >= 0.3 is 12.0 Å². The second-order valence-electron chi connectivity index (χ2n) is 9.50. The molecule has 1 atom stereocenters. The lowest BCUT2D eigenvalue weighted by Crippen LogP contribution is -2.45. The predicted octanol–water partition coefficient (Wildman–Crippen LogP) is 5.03. The Hall–Kier alpha value is -4.75. The number of allylic oxidation sites excluding steroid dienone is 1. The first-order valence-electron chi connectivity index (χ1n) is 13.4. The van der Waals surface area contributed by atoms with Crippen LogP contribution in [0.3, 0.4) is 0 Å². The van der Waals surface area contributed by atoms with Gasteiger partial charge in [-0.2, -0.15) is 5.10 Å². The van der Waals surface area contributed by atoms with E-state index < -0.39 is 23.9 Å². The zero-order valence-electron chi connectivity index (χ0n) is 24.7. The average molecular weight is 702 g/mol. The molecule has 1 aliphatic heterocycles. The van der Waals surface area contributed by atoms with Gasteiger partial charge in [-0.05, 0) is 75.9 Å². The molecular formula is C31H30BrClN4O8. The van der Waals surface area contributed by atoms with Crippen molar-refractivity contribution in [3.8, 4) is 23.0 Å². The number of nitrogens with one attached hydrogen (secondary N) is 3. The highest BCUT2D eigenvalue weighted by Gasteiger charge is 2.32. The Morgan fingerprint density at radius 2 is 1.73 bits per heavy atom. The predicted molar refractivity (Wildman–Crippen MR) is 170 cm³/mol. The first-order valence-corrected chi connectivity index (χ1v) is 14.5. The van der Waals surface area contributed by atoms with Crippen molar-refractivity contribution >= 4 is 51.7 Å². The van der Waals surface area contributed by atoms with Crippen molar-refractivity contribution in [1.29, 1.82) is 0 Å². The number of rotatable bonds is 12. The molecule has 12 nitrogen and oxygen atoms in total. The number of carbonyl (C=O) groups is 3. The molecule has 1 heterocycles. The molecule has 0 fully saturated rings. The summed E-state index contributed by atoms with van der Waals surface area (Å²) in [4.78, 5) is 37.0. The van der Waals surface area contributed by atoms with Crippen molar-refractivity contribution in [2.24, 2.45) is 5.10 Å². The molecule has 3 amide bonds. The van der Waals surface area contributed by atoms with Gasteiger partial charge in [0.1, 0.15) is 6.61 Å². The fourth-order valence-corrected chi connectivity index (χ4v) is 5.05. The molecule has 3 aromatic carbocycles. The molecule has 0 bridgehead atoms. The van der Waals surface area contributed by atoms with Gasteiger partial charge in [-0.25, -0.2) is 15.0 Å². The number of hydrogen-bond donors (Lipinski definition) is 3. The summed E-state index contributed by atoms with van der Waals surface area (Å²) >= 11 is 9.45. The highest BCUT2D eigenvalue weighted by atomic mass is 79.9. The largest absolute Gasteiger partial charge is 0.493 e. The number of nitrogens with zero attached hydrogens (tertiary/aromatic N) is 1. The van der Waals surface area contributed by atoms with Gasteiger partial charge in [-0.1, -0.05) is 29.8 Å². The fourth-order valence-electron chi connectivity index (χ4n) is 4.35. The van der Waals surface area contributed by atoms with E-state index >= 15 is 0 Å². The van der Waals surface area contributed by atoms with Crippen LogP contribution in [-0.4, -0.2) is 52.1 Å². The molecule has 0 saturated heterocycles. The van der Waals surface area contributed by atoms with E-state index in [4.69, 9.17) is 35.3 Å². The van der Waals surface area contributed by atoms with Crippen molar-refractivity contribution in [2.75, 3.05) is 27.9 Å². The van der Waals surface area contributed by atoms with E-state index in [0.717, 1.165) is 5.56 Å². The van der Waals surface area contributed by atoms with Crippen LogP contribution in [0.5, 0.6) is 23.0 Å². The summed E-state index contributed by atoms with van der Waals surface area (Å²) in [5.41, 5.74) is 5.15. The summed E-state index contributed by atoms with van der Waals surface area (Å²) in [7, 11) is 4.21. The monoisotopic (exact) mass is 700 g/mol. The van der Waals surface area contributed by atoms with Crippen LogP contribution >= 0.6 is 27.5 Å². The zero-order valence-corrected chi connectivity index (χ0v) is 27.1. The summed E-state index contributed by atoms with van der Waals surface area (Å²) < 4.78 is 28.0. The lowest BCUT2D eigenvalue weighted by atomic mass is 9.95. The average Bonchev–Trinajstić information content (AvgIpc) is 3.03. The second kappa shape index (κ2) is 15.3. The normalized spacial score (nSPS) is 14.4. The molecule has 236 valence electrons. The van der Waals surface area contributed by atoms with Crippen LogP contribution in [0.4, 0.5) is 4.79 Å². The minimum absolute atomic E-state index is 0.245. The third kappa shape index (κ3) is 8.46. The van der Waals surface area contributed by atoms with E-state index in [9.17, 15) is 14.4 Å². The van der Waals surface area contributed by atoms with Gasteiger partial charge in [-0.15, -0.1) is 0 Å². The molecule has 4 rings (SSSR count). The van der Waals surface area contributed by atoms with Crippen LogP contribution in [0.2, 0.25) is 5.02 Å². The maximum Gasteiger partial charge on any atom is 0.337 e. The van der Waals surface area contributed by atoms with Gasteiger partial charge < -0.3 is 34.3 Å². The molecule has 0 aromatic heterocycles. The number of ether oxygens (including phenoxy) is 5. The number of carbonyl (C=O) groups excluding carboxylic acids is 3. The van der Waals surface area contributed by atoms with Crippen molar-refractivity contribution in [3.63, 3.8) is 0 Å². The first kappa shape index (κ1) is 33.1. The van der Waals surface area contributed by atoms with E-state index in [2.05, 4.69) is 37.1 Å². The molecule has 0 radical (unpaired) electrons. The van der Waals surface area contributed by atoms with Crippen molar-refractivity contribution in [1.82, 2.24) is 16.1 Å². The van der Waals surface area contributed by atoms with E-state index in [1.165, 1.54) is 27.5 Å². The van der Waals surface area contributed by atoms with Gasteiger partial charge in [0.2, 0.25) is 0 Å². The van der Waals surface area contributed by atoms with E-state index in [1.807, 2.05) is 12.1 Å². The van der Waals surface area contributed by atoms with Crippen LogP contribution in [0.1, 0.15) is 29.7 Å². The molecule has 0 aliphatic carbocycles. The molecule has 14 heteroatoms. The third-order valence-electron chi connectivity index (χ3n) is 6.51. The summed E-state index contributed by atoms with van der Waals surface area (Å²) in [5.74, 6) is 0.419. The minimum atomic E-state index is -0.783. The Kier molecular flexibility index (Phi) is 11.3. The molecule has 3 N–H and O–H groups in total. The van der Waals surface area contributed by atoms with Crippen molar-refractivity contribution in [3.05, 3.63) is 92.1 Å². The third-order valence-corrected chi connectivity index (χ3v) is 7.35. The highest BCUT2D eigenvalue weighted by Crippen LogP contribution is 2.37. The zero-order chi connectivity index (χ0) is 32.5. The second-order valence-corrected chi connectivity index (χ2v) is 10.8. The molecular weight excluding hydrogens is 672 g/mol. The number of hydrogen-bond acceptors (Lipinski definition) is 9. The Bertz CT molecular complexity index is 1650. The lowest BCUT2D eigenvalue weighted by molar-refractivity contribution is -0.136. The fraction of sp³-hybridized carbons (Fsp3) is 0.226. The molecule has 0 saturated carbocycles. The van der Waals surface area contributed by atoms with Crippen LogP contribution in [0, 0.1) is 0 Å². The minimum Gasteiger partial charge on any atom is -0.493 e. The number of halogens is 2. The molecule has 0 unspecified atom stereocenters. The maximum absolute atomic E-state index is 12.5. The quantitative estimate of drug-likeness (QED) is 0.136. The molecule has 45 heavy (non-hydrogen) atoms. The van der Waals surface area contributed by atoms with E-state index in [1.54, 1.807) is 49.4 Å². The van der Waals surface area contributed by atoms with Gasteiger partial charge in [0.05, 0.1) is 43.6 Å². The van der Waals surface area contributed by atoms with Crippen molar-refractivity contribution in [2.45, 2.75) is 19.6 Å². The summed E-state index contributed by atoms with van der Waals surface area (Å²) in [6.45, 7) is 1.55. The maximum atomic E-state index is 12.5. The molecule has 3 aromatic rings. The Morgan fingerprint density at radius 3 is 2.42 bits per heavy atom. The van der Waals surface area contributed by atoms with Crippen molar-refractivity contribution < 1.29 is 38.1 Å². The standard InChI is InChI=1S/C31H30BrClN4O8/c1-17-27(30(39)43-4)28(36-31(40)35-17)20-7-10-23(24(13-20)41-2)44-16-26(38)37-34-14-19-11-22(32)29(25(12-19)42-3)45-15-18-5-8-21(33)9-6-18/h5-14,28H,15-16H2,1-4H3,(H,37,38)(H2,35,36,40)/b34-14-/t28-/m0/s1. The van der Waals surface area contributed by atoms with Gasteiger partial charge in [0.25, 0.3) is 5.91 Å². The topological polar surface area (TPSA) is 146 Å². The number of methoxy groups -OCH3 is 3. The smallest absolute Gasteiger partial charge is 0.337 e. The number of amides is 3. The summed E-state index contributed by atoms with van der Waals surface area (Å²) in [6, 6.07) is 14.4. The van der Waals surface area contributed by atoms with Crippen LogP contribution in [-0.2, 0) is 20.9 Å². The van der Waals surface area contributed by atoms with E-state index in [0.29, 0.717) is 44.4 Å². The lowest BCUT2D eigenvalue weighted by Gasteiger charge is -2.28. The SMILES string of the molecule is COC(=O)C1=C(C)NC(=O)N[C@H]1c1ccc(OCC(=O)N/N=C\c2cc(Br)c(OCc3ccc(Cl)cc3)c(OC)c2)c(OC)c1. The number of esters is 1. The first-order chi connectivity index (χ1) is 21.6. The van der Waals surface area contributed by atoms with Crippen LogP contribution in [0.15, 0.2) is 75.4 Å². The highest BCUT2D eigenvalue weighted by molar-refractivity contribution is 9.10. The van der Waals surface area contributed by atoms with E-state index in [-0.39, 0.29) is 23.7 Å². The number of hydrazone groups is 1. The van der Waals surface area contributed by atoms with Crippen LogP contribution < -0.4 is 35.0 Å². The Balaban J connectivity index is 1.37. The Labute approximate surface area is 272 Å². The van der Waals surface area contributed by atoms with Gasteiger partial charge in [-0.3, -0.25) is 4.79 Å². The molecule has 1 aliphatic rings. The molecule has 0 spiro atoms. The van der Waals surface area contributed by atoms with Crippen LogP contribution in [0.25, 0.3) is 0 Å². The summed E-state index contributed by atoms with van der Waals surface area (Å²) in [6.07, 6.45) is 1.45. The van der Waals surface area contributed by atoms with Gasteiger partial charge in [0.15, 0.2) is 29.6 Å². The van der Waals surface area contributed by atoms with Gasteiger partial charge in [0, 0.05) is 10.7 Å². The number of benzene rings is 3.